The lowest BCUT2D eigenvalue weighted by molar-refractivity contribution is 0.363. The molecule has 0 aromatic rings. The molecule has 13 heavy (non-hydrogen) atoms. The van der Waals surface area contributed by atoms with E-state index in [1.54, 1.807) is 0 Å². The van der Waals surface area contributed by atoms with Gasteiger partial charge < -0.3 is 10.2 Å². The van der Waals surface area contributed by atoms with Gasteiger partial charge in [0.15, 0.2) is 5.11 Å². The van der Waals surface area contributed by atoms with Gasteiger partial charge in [0.05, 0.1) is 0 Å². The molecule has 0 bridgehead atoms. The highest BCUT2D eigenvalue weighted by Gasteiger charge is 2.21. The highest BCUT2D eigenvalue weighted by atomic mass is 32.1. The summed E-state index contributed by atoms with van der Waals surface area (Å²) < 4.78 is 0. The molecule has 0 atom stereocenters. The second-order valence-electron chi connectivity index (χ2n) is 4.15. The number of hydrogen-bond donors (Lipinski definition) is 1. The molecule has 1 N–H and O–H groups in total. The maximum absolute atomic E-state index is 5.30. The van der Waals surface area contributed by atoms with Crippen LogP contribution in [0.2, 0.25) is 0 Å². The van der Waals surface area contributed by atoms with E-state index in [0.717, 1.165) is 5.11 Å². The van der Waals surface area contributed by atoms with Crippen molar-refractivity contribution in [2.24, 2.45) is 0 Å². The van der Waals surface area contributed by atoms with Gasteiger partial charge in [-0.05, 0) is 38.9 Å². The fourth-order valence-corrected chi connectivity index (χ4v) is 2.19. The lowest BCUT2D eigenvalue weighted by atomic mass is 10.2. The van der Waals surface area contributed by atoms with Crippen molar-refractivity contribution in [1.82, 2.24) is 10.2 Å². The van der Waals surface area contributed by atoms with E-state index in [2.05, 4.69) is 31.1 Å². The van der Waals surface area contributed by atoms with Crippen molar-refractivity contribution in [2.75, 3.05) is 7.05 Å². The third kappa shape index (κ3) is 3.14. The molecule has 76 valence electrons. The Hall–Kier alpha value is -0.310. The van der Waals surface area contributed by atoms with Crippen LogP contribution in [-0.2, 0) is 0 Å². The molecule has 0 aromatic heterocycles. The van der Waals surface area contributed by atoms with Crippen LogP contribution in [0.15, 0.2) is 0 Å². The lowest BCUT2D eigenvalue weighted by Gasteiger charge is -2.28. The van der Waals surface area contributed by atoms with Crippen molar-refractivity contribution < 1.29 is 0 Å². The summed E-state index contributed by atoms with van der Waals surface area (Å²) in [4.78, 5) is 2.22. The van der Waals surface area contributed by atoms with Crippen LogP contribution in [0.25, 0.3) is 0 Å². The minimum atomic E-state index is 0.441. The molecule has 2 nitrogen and oxygen atoms in total. The molecule has 1 aliphatic rings. The van der Waals surface area contributed by atoms with Gasteiger partial charge >= 0.3 is 0 Å². The molecule has 0 spiro atoms. The van der Waals surface area contributed by atoms with Gasteiger partial charge in [-0.15, -0.1) is 0 Å². The minimum Gasteiger partial charge on any atom is -0.360 e. The largest absolute Gasteiger partial charge is 0.360 e. The second kappa shape index (κ2) is 4.80. The van der Waals surface area contributed by atoms with Gasteiger partial charge in [-0.1, -0.05) is 12.8 Å². The van der Waals surface area contributed by atoms with E-state index < -0.39 is 0 Å². The topological polar surface area (TPSA) is 15.3 Å². The molecule has 0 saturated heterocycles. The van der Waals surface area contributed by atoms with Crippen LogP contribution >= 0.6 is 12.2 Å². The molecule has 0 aliphatic heterocycles. The second-order valence-corrected chi connectivity index (χ2v) is 4.54. The van der Waals surface area contributed by atoms with Crippen molar-refractivity contribution in [3.8, 4) is 0 Å². The Balaban J connectivity index is 2.36. The van der Waals surface area contributed by atoms with Gasteiger partial charge in [-0.2, -0.15) is 0 Å². The molecule has 0 aromatic carbocycles. The summed E-state index contributed by atoms with van der Waals surface area (Å²) >= 11 is 5.30. The first-order valence-electron chi connectivity index (χ1n) is 5.14. The summed E-state index contributed by atoms with van der Waals surface area (Å²) in [5, 5.41) is 4.18. The molecule has 1 fully saturated rings. The van der Waals surface area contributed by atoms with E-state index in [-0.39, 0.29) is 0 Å². The zero-order valence-corrected chi connectivity index (χ0v) is 9.66. The standard InChI is InChI=1S/C10H20N2S/c1-8(2)11-10(13)12(3)9-6-4-5-7-9/h8-9H,4-7H2,1-3H3,(H,11,13). The van der Waals surface area contributed by atoms with Crippen LogP contribution in [0.4, 0.5) is 0 Å². The lowest BCUT2D eigenvalue weighted by Crippen LogP contribution is -2.44. The molecule has 3 heteroatoms. The number of nitrogens with one attached hydrogen (secondary N) is 1. The van der Waals surface area contributed by atoms with Crippen molar-refractivity contribution >= 4 is 17.3 Å². The summed E-state index contributed by atoms with van der Waals surface area (Å²) in [7, 11) is 2.10. The van der Waals surface area contributed by atoms with E-state index in [4.69, 9.17) is 12.2 Å². The molecular formula is C10H20N2S. The smallest absolute Gasteiger partial charge is 0.169 e. The fraction of sp³-hybridized carbons (Fsp3) is 0.900. The maximum atomic E-state index is 5.30. The van der Waals surface area contributed by atoms with Crippen LogP contribution < -0.4 is 5.32 Å². The first-order valence-corrected chi connectivity index (χ1v) is 5.55. The first kappa shape index (κ1) is 10.8. The Morgan fingerprint density at radius 1 is 1.38 bits per heavy atom. The van der Waals surface area contributed by atoms with Crippen LogP contribution in [0.5, 0.6) is 0 Å². The molecule has 1 saturated carbocycles. The Morgan fingerprint density at radius 2 is 1.92 bits per heavy atom. The average molecular weight is 200 g/mol. The van der Waals surface area contributed by atoms with E-state index in [1.807, 2.05) is 0 Å². The molecule has 1 rings (SSSR count). The molecule has 0 radical (unpaired) electrons. The molecule has 1 aliphatic carbocycles. The highest BCUT2D eigenvalue weighted by molar-refractivity contribution is 7.80. The molecule has 0 unspecified atom stereocenters. The quantitative estimate of drug-likeness (QED) is 0.688. The van der Waals surface area contributed by atoms with Gasteiger partial charge in [0.25, 0.3) is 0 Å². The maximum Gasteiger partial charge on any atom is 0.169 e. The van der Waals surface area contributed by atoms with Gasteiger partial charge in [0.2, 0.25) is 0 Å². The predicted octanol–water partition coefficient (Wildman–Crippen LogP) is 2.14. The normalized spacial score (nSPS) is 17.8. The predicted molar refractivity (Wildman–Crippen MR) is 60.9 cm³/mol. The summed E-state index contributed by atoms with van der Waals surface area (Å²) in [6.45, 7) is 4.24. The average Bonchev–Trinajstić information content (AvgIpc) is 2.53. The van der Waals surface area contributed by atoms with E-state index in [9.17, 15) is 0 Å². The number of nitrogens with zero attached hydrogens (tertiary/aromatic N) is 1. The van der Waals surface area contributed by atoms with Crippen molar-refractivity contribution in [3.05, 3.63) is 0 Å². The third-order valence-electron chi connectivity index (χ3n) is 2.60. The summed E-state index contributed by atoms with van der Waals surface area (Å²) in [5.74, 6) is 0. The fourth-order valence-electron chi connectivity index (χ4n) is 1.81. The van der Waals surface area contributed by atoms with Crippen LogP contribution in [-0.4, -0.2) is 29.1 Å². The Bertz CT molecular complexity index is 174. The van der Waals surface area contributed by atoms with Crippen molar-refractivity contribution in [1.29, 1.82) is 0 Å². The molecular weight excluding hydrogens is 180 g/mol. The summed E-state index contributed by atoms with van der Waals surface area (Å²) in [6, 6.07) is 1.12. The van der Waals surface area contributed by atoms with Gasteiger partial charge in [-0.25, -0.2) is 0 Å². The zero-order chi connectivity index (χ0) is 9.84. The van der Waals surface area contributed by atoms with Crippen LogP contribution in [0.3, 0.4) is 0 Å². The Labute approximate surface area is 86.7 Å². The Kier molecular flexibility index (Phi) is 3.97. The monoisotopic (exact) mass is 200 g/mol. The summed E-state index contributed by atoms with van der Waals surface area (Å²) in [6.07, 6.45) is 5.32. The van der Waals surface area contributed by atoms with Gasteiger partial charge in [0.1, 0.15) is 0 Å². The van der Waals surface area contributed by atoms with E-state index in [1.165, 1.54) is 25.7 Å². The SMILES string of the molecule is CC(C)NC(=S)N(C)C1CCCC1. The first-order chi connectivity index (χ1) is 6.11. The van der Waals surface area contributed by atoms with E-state index >= 15 is 0 Å². The van der Waals surface area contributed by atoms with Crippen molar-refractivity contribution in [3.63, 3.8) is 0 Å². The Morgan fingerprint density at radius 3 is 2.38 bits per heavy atom. The van der Waals surface area contributed by atoms with Gasteiger partial charge in [0, 0.05) is 19.1 Å². The summed E-state index contributed by atoms with van der Waals surface area (Å²) in [5.41, 5.74) is 0. The van der Waals surface area contributed by atoms with Crippen LogP contribution in [0.1, 0.15) is 39.5 Å². The molecule has 0 amide bonds. The third-order valence-corrected chi connectivity index (χ3v) is 3.01. The van der Waals surface area contributed by atoms with Crippen molar-refractivity contribution in [2.45, 2.75) is 51.6 Å². The van der Waals surface area contributed by atoms with Crippen LogP contribution in [0, 0.1) is 0 Å². The zero-order valence-electron chi connectivity index (χ0n) is 8.84. The highest BCUT2D eigenvalue weighted by Crippen LogP contribution is 2.22. The van der Waals surface area contributed by atoms with E-state index in [0.29, 0.717) is 12.1 Å². The number of thiocarbonyl (C=S) groups is 1. The number of hydrogen-bond acceptors (Lipinski definition) is 1. The molecule has 0 heterocycles. The van der Waals surface area contributed by atoms with Gasteiger partial charge in [-0.3, -0.25) is 0 Å². The minimum absolute atomic E-state index is 0.441. The number of rotatable bonds is 2.